The molecule has 1 aliphatic heterocycles. The van der Waals surface area contributed by atoms with Gasteiger partial charge in [0.2, 0.25) is 5.91 Å². The van der Waals surface area contributed by atoms with Crippen molar-refractivity contribution in [2.75, 3.05) is 10.7 Å². The Morgan fingerprint density at radius 3 is 2.52 bits per heavy atom. The lowest BCUT2D eigenvalue weighted by molar-refractivity contribution is -0.115. The lowest BCUT2D eigenvalue weighted by Gasteiger charge is -2.25. The van der Waals surface area contributed by atoms with Crippen LogP contribution in [0.1, 0.15) is 10.9 Å². The molecule has 0 bridgehead atoms. The molecule has 1 amide bonds. The molecule has 21 heavy (non-hydrogen) atoms. The number of carbonyl (C=O) groups excluding carboxylic acids is 1. The zero-order chi connectivity index (χ0) is 15.0. The molecule has 1 heterocycles. The Balaban J connectivity index is 2.01. The van der Waals surface area contributed by atoms with E-state index in [1.807, 2.05) is 0 Å². The molecule has 0 aliphatic carbocycles. The minimum atomic E-state index is -0.231. The molecule has 6 heteroatoms. The Hall–Kier alpha value is -1.85. The van der Waals surface area contributed by atoms with E-state index in [2.05, 4.69) is 0 Å². The number of phenols is 2. The molecule has 0 radical (unpaired) electrons. The van der Waals surface area contributed by atoms with Crippen LogP contribution in [-0.2, 0) is 4.79 Å². The zero-order valence-electron chi connectivity index (χ0n) is 10.9. The summed E-state index contributed by atoms with van der Waals surface area (Å²) in [6.07, 6.45) is 0. The molecule has 4 nitrogen and oxygen atoms in total. The van der Waals surface area contributed by atoms with Crippen molar-refractivity contribution in [3.8, 4) is 11.5 Å². The van der Waals surface area contributed by atoms with Gasteiger partial charge in [-0.25, -0.2) is 0 Å². The molecule has 0 spiro atoms. The number of nitrogens with zero attached hydrogens (tertiary/aromatic N) is 1. The summed E-state index contributed by atoms with van der Waals surface area (Å²) in [5.41, 5.74) is 1.32. The van der Waals surface area contributed by atoms with Crippen LogP contribution >= 0.6 is 23.4 Å². The molecule has 1 unspecified atom stereocenters. The van der Waals surface area contributed by atoms with Crippen LogP contribution in [0.25, 0.3) is 0 Å². The van der Waals surface area contributed by atoms with Crippen molar-refractivity contribution >= 4 is 35.0 Å². The van der Waals surface area contributed by atoms with E-state index in [0.717, 1.165) is 5.56 Å². The summed E-state index contributed by atoms with van der Waals surface area (Å²) in [6, 6.07) is 11.4. The molecule has 3 rings (SSSR count). The third kappa shape index (κ3) is 2.66. The molecule has 1 atom stereocenters. The first-order chi connectivity index (χ1) is 10.1. The van der Waals surface area contributed by atoms with Crippen molar-refractivity contribution in [2.45, 2.75) is 5.37 Å². The van der Waals surface area contributed by atoms with Crippen LogP contribution in [0.4, 0.5) is 5.69 Å². The fraction of sp³-hybridized carbons (Fsp3) is 0.133. The number of phenolic OH excluding ortho intramolecular Hbond substituents is 2. The molecule has 0 saturated carbocycles. The standard InChI is InChI=1S/C15H12ClNO3S/c16-10-3-6-12(13(19)7-10)17-14(20)8-21-15(17)9-1-4-11(18)5-2-9/h1-7,15,18-19H,8H2. The molecular formula is C15H12ClNO3S. The largest absolute Gasteiger partial charge is 0.508 e. The Kier molecular flexibility index (Phi) is 3.69. The lowest BCUT2D eigenvalue weighted by Crippen LogP contribution is -2.27. The highest BCUT2D eigenvalue weighted by atomic mass is 35.5. The van der Waals surface area contributed by atoms with Crippen molar-refractivity contribution in [1.82, 2.24) is 0 Å². The molecule has 0 aromatic heterocycles. The van der Waals surface area contributed by atoms with Gasteiger partial charge in [0.1, 0.15) is 16.9 Å². The van der Waals surface area contributed by atoms with Crippen molar-refractivity contribution in [1.29, 1.82) is 0 Å². The van der Waals surface area contributed by atoms with Crippen LogP contribution in [0.5, 0.6) is 11.5 Å². The Morgan fingerprint density at radius 2 is 1.86 bits per heavy atom. The van der Waals surface area contributed by atoms with Gasteiger partial charge in [-0.1, -0.05) is 23.7 Å². The quantitative estimate of drug-likeness (QED) is 0.888. The van der Waals surface area contributed by atoms with E-state index in [1.165, 1.54) is 17.8 Å². The summed E-state index contributed by atoms with van der Waals surface area (Å²) in [4.78, 5) is 13.7. The number of amides is 1. The Morgan fingerprint density at radius 1 is 1.14 bits per heavy atom. The Labute approximate surface area is 131 Å². The van der Waals surface area contributed by atoms with Crippen LogP contribution in [0.15, 0.2) is 42.5 Å². The normalized spacial score (nSPS) is 18.2. The minimum Gasteiger partial charge on any atom is -0.508 e. The maximum Gasteiger partial charge on any atom is 0.238 e. The molecule has 1 aliphatic rings. The predicted molar refractivity (Wildman–Crippen MR) is 83.9 cm³/mol. The maximum absolute atomic E-state index is 12.2. The van der Waals surface area contributed by atoms with E-state index in [0.29, 0.717) is 16.5 Å². The number of thioether (sulfide) groups is 1. The highest BCUT2D eigenvalue weighted by Gasteiger charge is 2.35. The van der Waals surface area contributed by atoms with E-state index in [1.54, 1.807) is 41.3 Å². The van der Waals surface area contributed by atoms with Crippen molar-refractivity contribution < 1.29 is 15.0 Å². The molecule has 2 N–H and O–H groups in total. The fourth-order valence-corrected chi connectivity index (χ4v) is 3.61. The highest BCUT2D eigenvalue weighted by Crippen LogP contribution is 2.45. The van der Waals surface area contributed by atoms with E-state index >= 15 is 0 Å². The number of hydrogen-bond acceptors (Lipinski definition) is 4. The van der Waals surface area contributed by atoms with E-state index < -0.39 is 0 Å². The minimum absolute atomic E-state index is 0.0258. The monoisotopic (exact) mass is 321 g/mol. The van der Waals surface area contributed by atoms with E-state index in [9.17, 15) is 15.0 Å². The maximum atomic E-state index is 12.2. The topological polar surface area (TPSA) is 60.8 Å². The molecule has 1 saturated heterocycles. The first-order valence-electron chi connectivity index (χ1n) is 6.27. The first kappa shape index (κ1) is 14.1. The van der Waals surface area contributed by atoms with Gasteiger partial charge in [0.15, 0.2) is 0 Å². The second-order valence-electron chi connectivity index (χ2n) is 4.65. The number of halogens is 1. The summed E-state index contributed by atoms with van der Waals surface area (Å²) in [7, 11) is 0. The summed E-state index contributed by atoms with van der Waals surface area (Å²) in [5.74, 6) is 0.417. The van der Waals surface area contributed by atoms with Gasteiger partial charge in [-0.3, -0.25) is 9.69 Å². The van der Waals surface area contributed by atoms with Gasteiger partial charge in [-0.2, -0.15) is 0 Å². The number of rotatable bonds is 2. The van der Waals surface area contributed by atoms with E-state index in [4.69, 9.17) is 11.6 Å². The molecule has 2 aromatic carbocycles. The molecule has 108 valence electrons. The summed E-state index contributed by atoms with van der Waals surface area (Å²) in [5, 5.41) is 19.6. The van der Waals surface area contributed by atoms with Crippen molar-refractivity contribution in [3.05, 3.63) is 53.1 Å². The number of anilines is 1. The first-order valence-corrected chi connectivity index (χ1v) is 7.70. The van der Waals surface area contributed by atoms with E-state index in [-0.39, 0.29) is 22.8 Å². The summed E-state index contributed by atoms with van der Waals surface area (Å²) >= 11 is 7.31. The second-order valence-corrected chi connectivity index (χ2v) is 6.16. The van der Waals surface area contributed by atoms with Gasteiger partial charge < -0.3 is 10.2 Å². The van der Waals surface area contributed by atoms with Gasteiger partial charge in [0.25, 0.3) is 0 Å². The SMILES string of the molecule is O=C1CSC(c2ccc(O)cc2)N1c1ccc(Cl)cc1O. The summed E-state index contributed by atoms with van der Waals surface area (Å²) in [6.45, 7) is 0. The number of aromatic hydroxyl groups is 2. The van der Waals surface area contributed by atoms with Crippen LogP contribution in [0.2, 0.25) is 5.02 Å². The lowest BCUT2D eigenvalue weighted by atomic mass is 10.1. The average molecular weight is 322 g/mol. The molecular weight excluding hydrogens is 310 g/mol. The van der Waals surface area contributed by atoms with Gasteiger partial charge in [0.05, 0.1) is 11.4 Å². The smallest absolute Gasteiger partial charge is 0.238 e. The van der Waals surface area contributed by atoms with Crippen LogP contribution in [-0.4, -0.2) is 21.9 Å². The third-order valence-electron chi connectivity index (χ3n) is 3.24. The number of hydrogen-bond donors (Lipinski definition) is 2. The number of benzene rings is 2. The van der Waals surface area contributed by atoms with Crippen molar-refractivity contribution in [3.63, 3.8) is 0 Å². The fourth-order valence-electron chi connectivity index (χ4n) is 2.27. The number of carbonyl (C=O) groups is 1. The van der Waals surface area contributed by atoms with Gasteiger partial charge in [0, 0.05) is 11.1 Å². The summed E-state index contributed by atoms with van der Waals surface area (Å²) < 4.78 is 0. The van der Waals surface area contributed by atoms with Gasteiger partial charge in [-0.15, -0.1) is 11.8 Å². The van der Waals surface area contributed by atoms with Gasteiger partial charge in [-0.05, 0) is 29.8 Å². The Bertz CT molecular complexity index is 690. The zero-order valence-corrected chi connectivity index (χ0v) is 12.4. The molecule has 1 fully saturated rings. The third-order valence-corrected chi connectivity index (χ3v) is 4.69. The molecule has 2 aromatic rings. The van der Waals surface area contributed by atoms with Crippen LogP contribution in [0.3, 0.4) is 0 Å². The second kappa shape index (κ2) is 5.50. The van der Waals surface area contributed by atoms with Crippen LogP contribution in [0, 0.1) is 0 Å². The van der Waals surface area contributed by atoms with Crippen LogP contribution < -0.4 is 4.90 Å². The highest BCUT2D eigenvalue weighted by molar-refractivity contribution is 8.00. The average Bonchev–Trinajstić information content (AvgIpc) is 2.82. The predicted octanol–water partition coefficient (Wildman–Crippen LogP) is 3.53. The van der Waals surface area contributed by atoms with Gasteiger partial charge >= 0.3 is 0 Å². The van der Waals surface area contributed by atoms with Crippen molar-refractivity contribution in [2.24, 2.45) is 0 Å².